The van der Waals surface area contributed by atoms with Gasteiger partial charge in [0.15, 0.2) is 0 Å². The molecule has 0 saturated carbocycles. The Kier molecular flexibility index (Phi) is 5.09. The molecule has 2 aromatic rings. The molecule has 2 aliphatic rings. The molecule has 0 radical (unpaired) electrons. The maximum absolute atomic E-state index is 13.4. The van der Waals surface area contributed by atoms with Crippen LogP contribution in [0.5, 0.6) is 0 Å². The van der Waals surface area contributed by atoms with E-state index in [2.05, 4.69) is 10.6 Å². The molecule has 0 bridgehead atoms. The fraction of sp³-hybridized carbons (Fsp3) is 0.348. The second-order valence-corrected chi connectivity index (χ2v) is 7.79. The molecule has 1 heterocycles. The van der Waals surface area contributed by atoms with Crippen LogP contribution < -0.4 is 10.6 Å². The molecule has 150 valence electrons. The Bertz CT molecular complexity index is 943. The number of fused-ring (bicyclic) bond motifs is 2. The molecule has 2 atom stereocenters. The van der Waals surface area contributed by atoms with E-state index >= 15 is 0 Å². The SMILES string of the molecule is CC(NC(=O)CN1C(=O)NC2(CCCCc3ccccc32)C1=O)c1ccccc1. The average molecular weight is 391 g/mol. The smallest absolute Gasteiger partial charge is 0.325 e. The van der Waals surface area contributed by atoms with E-state index in [4.69, 9.17) is 0 Å². The summed E-state index contributed by atoms with van der Waals surface area (Å²) in [6.45, 7) is 1.59. The number of nitrogens with zero attached hydrogens (tertiary/aromatic N) is 1. The summed E-state index contributed by atoms with van der Waals surface area (Å²) in [4.78, 5) is 39.7. The molecule has 6 heteroatoms. The number of urea groups is 1. The number of rotatable bonds is 4. The molecule has 4 amide bonds. The van der Waals surface area contributed by atoms with E-state index in [9.17, 15) is 14.4 Å². The van der Waals surface area contributed by atoms with Gasteiger partial charge in [0.05, 0.1) is 6.04 Å². The van der Waals surface area contributed by atoms with Gasteiger partial charge < -0.3 is 10.6 Å². The largest absolute Gasteiger partial charge is 0.348 e. The number of amides is 4. The van der Waals surface area contributed by atoms with Crippen LogP contribution in [0.1, 0.15) is 48.9 Å². The summed E-state index contributed by atoms with van der Waals surface area (Å²) in [5.41, 5.74) is 1.85. The van der Waals surface area contributed by atoms with E-state index in [1.54, 1.807) is 0 Å². The normalized spacial score (nSPS) is 22.0. The lowest BCUT2D eigenvalue weighted by atomic mass is 9.84. The second-order valence-electron chi connectivity index (χ2n) is 7.79. The van der Waals surface area contributed by atoms with Crippen molar-refractivity contribution < 1.29 is 14.4 Å². The molecule has 2 unspecified atom stereocenters. The standard InChI is InChI=1S/C23H25N3O3/c1-16(17-9-3-2-4-10-17)24-20(27)15-26-21(28)23(25-22(26)29)14-8-7-12-18-11-5-6-13-19(18)23/h2-6,9-11,13,16H,7-8,12,14-15H2,1H3,(H,24,27)(H,25,29). The van der Waals surface area contributed by atoms with E-state index in [0.717, 1.165) is 40.9 Å². The number of benzene rings is 2. The molecular weight excluding hydrogens is 366 g/mol. The van der Waals surface area contributed by atoms with E-state index < -0.39 is 11.6 Å². The summed E-state index contributed by atoms with van der Waals surface area (Å²) in [6, 6.07) is 16.6. The van der Waals surface area contributed by atoms with Gasteiger partial charge in [-0.15, -0.1) is 0 Å². The number of imide groups is 1. The number of hydrogen-bond donors (Lipinski definition) is 2. The third-order valence-electron chi connectivity index (χ3n) is 5.88. The van der Waals surface area contributed by atoms with Gasteiger partial charge in [0.1, 0.15) is 12.1 Å². The maximum Gasteiger partial charge on any atom is 0.325 e. The van der Waals surface area contributed by atoms with E-state index in [1.807, 2.05) is 61.5 Å². The number of nitrogens with one attached hydrogen (secondary N) is 2. The van der Waals surface area contributed by atoms with Crippen LogP contribution in [0, 0.1) is 0 Å². The van der Waals surface area contributed by atoms with Crippen LogP contribution in [0.3, 0.4) is 0 Å². The molecular formula is C23H25N3O3. The predicted octanol–water partition coefficient (Wildman–Crippen LogP) is 3.04. The Hall–Kier alpha value is -3.15. The van der Waals surface area contributed by atoms with E-state index in [0.29, 0.717) is 6.42 Å². The van der Waals surface area contributed by atoms with Gasteiger partial charge in [-0.25, -0.2) is 4.79 Å². The lowest BCUT2D eigenvalue weighted by Gasteiger charge is -2.27. The lowest BCUT2D eigenvalue weighted by molar-refractivity contribution is -0.135. The Morgan fingerprint density at radius 2 is 1.83 bits per heavy atom. The topological polar surface area (TPSA) is 78.5 Å². The van der Waals surface area contributed by atoms with Crippen molar-refractivity contribution in [2.75, 3.05) is 6.54 Å². The fourth-order valence-corrected chi connectivity index (χ4v) is 4.37. The molecule has 6 nitrogen and oxygen atoms in total. The summed E-state index contributed by atoms with van der Waals surface area (Å²) < 4.78 is 0. The van der Waals surface area contributed by atoms with E-state index in [-0.39, 0.29) is 24.4 Å². The summed E-state index contributed by atoms with van der Waals surface area (Å²) in [5, 5.41) is 5.79. The van der Waals surface area contributed by atoms with Gasteiger partial charge in [-0.3, -0.25) is 14.5 Å². The summed E-state index contributed by atoms with van der Waals surface area (Å²) >= 11 is 0. The Morgan fingerprint density at radius 3 is 2.62 bits per heavy atom. The zero-order chi connectivity index (χ0) is 20.4. The van der Waals surface area contributed by atoms with Crippen molar-refractivity contribution in [2.24, 2.45) is 0 Å². The lowest BCUT2D eigenvalue weighted by Crippen LogP contribution is -2.45. The quantitative estimate of drug-likeness (QED) is 0.787. The average Bonchev–Trinajstić information content (AvgIpc) is 2.87. The minimum atomic E-state index is -1.06. The Labute approximate surface area is 170 Å². The number of carbonyl (C=O) groups excluding carboxylic acids is 3. The number of carbonyl (C=O) groups is 3. The molecule has 29 heavy (non-hydrogen) atoms. The highest BCUT2D eigenvalue weighted by Crippen LogP contribution is 2.38. The van der Waals surface area contributed by atoms with Crippen LogP contribution >= 0.6 is 0 Å². The van der Waals surface area contributed by atoms with Crippen LogP contribution in [0.2, 0.25) is 0 Å². The van der Waals surface area contributed by atoms with Crippen LogP contribution in [-0.2, 0) is 21.5 Å². The van der Waals surface area contributed by atoms with Gasteiger partial charge in [0.25, 0.3) is 5.91 Å². The van der Waals surface area contributed by atoms with Gasteiger partial charge in [0, 0.05) is 0 Å². The van der Waals surface area contributed by atoms with Crippen molar-refractivity contribution in [1.82, 2.24) is 15.5 Å². The van der Waals surface area contributed by atoms with Gasteiger partial charge in [0.2, 0.25) is 5.91 Å². The molecule has 1 aliphatic heterocycles. The van der Waals surface area contributed by atoms with Crippen molar-refractivity contribution in [2.45, 2.75) is 44.2 Å². The number of hydrogen-bond acceptors (Lipinski definition) is 3. The predicted molar refractivity (Wildman–Crippen MR) is 109 cm³/mol. The molecule has 1 aliphatic carbocycles. The summed E-state index contributed by atoms with van der Waals surface area (Å²) in [5.74, 6) is -0.692. The van der Waals surface area contributed by atoms with Gasteiger partial charge >= 0.3 is 6.03 Å². The first kappa shape index (κ1) is 19.2. The van der Waals surface area contributed by atoms with Crippen LogP contribution in [0.4, 0.5) is 4.79 Å². The van der Waals surface area contributed by atoms with Crippen LogP contribution in [-0.4, -0.2) is 29.3 Å². The third kappa shape index (κ3) is 3.50. The highest BCUT2D eigenvalue weighted by Gasteiger charge is 2.53. The molecule has 2 N–H and O–H groups in total. The summed E-state index contributed by atoms with van der Waals surface area (Å²) in [6.07, 6.45) is 3.24. The zero-order valence-corrected chi connectivity index (χ0v) is 16.5. The van der Waals surface area contributed by atoms with Crippen molar-refractivity contribution in [1.29, 1.82) is 0 Å². The molecule has 2 aromatic carbocycles. The molecule has 1 spiro atoms. The third-order valence-corrected chi connectivity index (χ3v) is 5.88. The highest BCUT2D eigenvalue weighted by atomic mass is 16.2. The monoisotopic (exact) mass is 391 g/mol. The van der Waals surface area contributed by atoms with Crippen LogP contribution in [0.25, 0.3) is 0 Å². The first-order valence-electron chi connectivity index (χ1n) is 10.1. The minimum absolute atomic E-state index is 0.211. The molecule has 1 saturated heterocycles. The fourth-order valence-electron chi connectivity index (χ4n) is 4.37. The summed E-state index contributed by atoms with van der Waals surface area (Å²) in [7, 11) is 0. The molecule has 1 fully saturated rings. The maximum atomic E-state index is 13.4. The molecule has 0 aromatic heterocycles. The second kappa shape index (κ2) is 7.70. The highest BCUT2D eigenvalue weighted by molar-refractivity contribution is 6.09. The van der Waals surface area contributed by atoms with Crippen molar-refractivity contribution >= 4 is 17.8 Å². The van der Waals surface area contributed by atoms with Gasteiger partial charge in [-0.1, -0.05) is 54.6 Å². The van der Waals surface area contributed by atoms with Gasteiger partial charge in [-0.05, 0) is 49.3 Å². The van der Waals surface area contributed by atoms with Crippen molar-refractivity contribution in [3.8, 4) is 0 Å². The molecule has 4 rings (SSSR count). The Morgan fingerprint density at radius 1 is 1.10 bits per heavy atom. The first-order chi connectivity index (χ1) is 14.0. The van der Waals surface area contributed by atoms with Crippen molar-refractivity contribution in [3.63, 3.8) is 0 Å². The number of aryl methyl sites for hydroxylation is 1. The van der Waals surface area contributed by atoms with Crippen molar-refractivity contribution in [3.05, 3.63) is 71.3 Å². The van der Waals surface area contributed by atoms with E-state index in [1.165, 1.54) is 0 Å². The van der Waals surface area contributed by atoms with Crippen LogP contribution in [0.15, 0.2) is 54.6 Å². The first-order valence-corrected chi connectivity index (χ1v) is 10.1. The minimum Gasteiger partial charge on any atom is -0.348 e. The zero-order valence-electron chi connectivity index (χ0n) is 16.5. The van der Waals surface area contributed by atoms with Gasteiger partial charge in [-0.2, -0.15) is 0 Å². The Balaban J connectivity index is 1.52.